The maximum atomic E-state index is 13.0. The molecule has 140 valence electrons. The summed E-state index contributed by atoms with van der Waals surface area (Å²) in [7, 11) is 0. The molecular weight excluding hydrogens is 332 g/mol. The van der Waals surface area contributed by atoms with Gasteiger partial charge in [-0.1, -0.05) is 6.92 Å². The standard InChI is InChI=1S/C20H26N2O4/c1-2-15-5-3-4-8-21(15)20(24)14-11-19(23)22(13-14)16-6-7-17-18(12-16)26-10-9-25-17/h6-7,12,14-15H,2-5,8-11,13H2,1H3. The van der Waals surface area contributed by atoms with Crippen molar-refractivity contribution in [2.45, 2.75) is 45.1 Å². The highest BCUT2D eigenvalue weighted by molar-refractivity contribution is 6.00. The van der Waals surface area contributed by atoms with Crippen molar-refractivity contribution in [2.75, 3.05) is 31.2 Å². The van der Waals surface area contributed by atoms with Crippen molar-refractivity contribution in [2.24, 2.45) is 5.92 Å². The summed E-state index contributed by atoms with van der Waals surface area (Å²) in [5.41, 5.74) is 0.778. The Morgan fingerprint density at radius 3 is 2.81 bits per heavy atom. The van der Waals surface area contributed by atoms with Crippen molar-refractivity contribution in [1.82, 2.24) is 4.90 Å². The van der Waals surface area contributed by atoms with Crippen LogP contribution in [0.5, 0.6) is 11.5 Å². The third-order valence-electron chi connectivity index (χ3n) is 5.69. The number of nitrogens with zero attached hydrogens (tertiary/aromatic N) is 2. The van der Waals surface area contributed by atoms with Crippen LogP contribution in [0.2, 0.25) is 0 Å². The van der Waals surface area contributed by atoms with Gasteiger partial charge in [-0.3, -0.25) is 9.59 Å². The molecule has 1 aromatic rings. The molecule has 2 unspecified atom stereocenters. The first-order valence-electron chi connectivity index (χ1n) is 9.68. The predicted octanol–water partition coefficient (Wildman–Crippen LogP) is 2.60. The number of carbonyl (C=O) groups excluding carboxylic acids is 2. The molecule has 2 saturated heterocycles. The Hall–Kier alpha value is -2.24. The highest BCUT2D eigenvalue weighted by atomic mass is 16.6. The molecule has 4 rings (SSSR count). The number of hydrogen-bond acceptors (Lipinski definition) is 4. The fourth-order valence-corrected chi connectivity index (χ4v) is 4.27. The van der Waals surface area contributed by atoms with E-state index in [2.05, 4.69) is 6.92 Å². The van der Waals surface area contributed by atoms with E-state index in [1.54, 1.807) is 4.90 Å². The maximum absolute atomic E-state index is 13.0. The second-order valence-corrected chi connectivity index (χ2v) is 7.32. The van der Waals surface area contributed by atoms with Gasteiger partial charge in [0.15, 0.2) is 11.5 Å². The molecule has 26 heavy (non-hydrogen) atoms. The molecular formula is C20H26N2O4. The molecule has 3 aliphatic rings. The van der Waals surface area contributed by atoms with Crippen LogP contribution in [-0.4, -0.2) is 49.1 Å². The van der Waals surface area contributed by atoms with Gasteiger partial charge in [0.25, 0.3) is 0 Å². The smallest absolute Gasteiger partial charge is 0.228 e. The molecule has 6 nitrogen and oxygen atoms in total. The van der Waals surface area contributed by atoms with Crippen LogP contribution in [0.15, 0.2) is 18.2 Å². The minimum Gasteiger partial charge on any atom is -0.486 e. The van der Waals surface area contributed by atoms with E-state index in [9.17, 15) is 9.59 Å². The molecule has 2 amide bonds. The number of benzene rings is 1. The van der Waals surface area contributed by atoms with E-state index in [4.69, 9.17) is 9.47 Å². The van der Waals surface area contributed by atoms with Crippen LogP contribution in [-0.2, 0) is 9.59 Å². The van der Waals surface area contributed by atoms with Gasteiger partial charge in [0.05, 0.1) is 5.92 Å². The quantitative estimate of drug-likeness (QED) is 0.833. The fraction of sp³-hybridized carbons (Fsp3) is 0.600. The summed E-state index contributed by atoms with van der Waals surface area (Å²) in [6.07, 6.45) is 4.61. The van der Waals surface area contributed by atoms with Crippen molar-refractivity contribution in [3.05, 3.63) is 18.2 Å². The zero-order valence-electron chi connectivity index (χ0n) is 15.3. The Kier molecular flexibility index (Phi) is 4.74. The number of ether oxygens (including phenoxy) is 2. The third-order valence-corrected chi connectivity index (χ3v) is 5.69. The number of carbonyl (C=O) groups is 2. The second kappa shape index (κ2) is 7.17. The lowest BCUT2D eigenvalue weighted by Crippen LogP contribution is -2.46. The molecule has 1 aromatic carbocycles. The zero-order valence-corrected chi connectivity index (χ0v) is 15.3. The van der Waals surface area contributed by atoms with Crippen LogP contribution in [0.1, 0.15) is 39.0 Å². The number of anilines is 1. The van der Waals surface area contributed by atoms with Crippen LogP contribution in [0.3, 0.4) is 0 Å². The SMILES string of the molecule is CCC1CCCCN1C(=O)C1CC(=O)N(c2ccc3c(c2)OCCO3)C1. The number of piperidine rings is 1. The predicted molar refractivity (Wildman–Crippen MR) is 97.5 cm³/mol. The molecule has 3 aliphatic heterocycles. The van der Waals surface area contributed by atoms with E-state index >= 15 is 0 Å². The lowest BCUT2D eigenvalue weighted by atomic mass is 9.97. The molecule has 0 aromatic heterocycles. The van der Waals surface area contributed by atoms with Crippen LogP contribution >= 0.6 is 0 Å². The molecule has 3 heterocycles. The van der Waals surface area contributed by atoms with Crippen LogP contribution in [0.25, 0.3) is 0 Å². The number of rotatable bonds is 3. The fourth-order valence-electron chi connectivity index (χ4n) is 4.27. The summed E-state index contributed by atoms with van der Waals surface area (Å²) < 4.78 is 11.2. The topological polar surface area (TPSA) is 59.1 Å². The van der Waals surface area contributed by atoms with Gasteiger partial charge in [0, 0.05) is 37.3 Å². The lowest BCUT2D eigenvalue weighted by molar-refractivity contribution is -0.139. The third kappa shape index (κ3) is 3.13. The summed E-state index contributed by atoms with van der Waals surface area (Å²) in [6, 6.07) is 5.88. The van der Waals surface area contributed by atoms with E-state index in [0.29, 0.717) is 43.7 Å². The van der Waals surface area contributed by atoms with E-state index in [1.807, 2.05) is 23.1 Å². The van der Waals surface area contributed by atoms with Gasteiger partial charge in [-0.05, 0) is 37.8 Å². The highest BCUT2D eigenvalue weighted by Gasteiger charge is 2.39. The summed E-state index contributed by atoms with van der Waals surface area (Å²) in [4.78, 5) is 29.3. The molecule has 0 bridgehead atoms. The number of fused-ring (bicyclic) bond motifs is 1. The lowest BCUT2D eigenvalue weighted by Gasteiger charge is -2.36. The highest BCUT2D eigenvalue weighted by Crippen LogP contribution is 2.36. The summed E-state index contributed by atoms with van der Waals surface area (Å²) in [6.45, 7) is 4.47. The molecule has 2 fully saturated rings. The average Bonchev–Trinajstić information content (AvgIpc) is 3.08. The maximum Gasteiger partial charge on any atom is 0.228 e. The van der Waals surface area contributed by atoms with Crippen LogP contribution in [0.4, 0.5) is 5.69 Å². The molecule has 2 atom stereocenters. The number of amides is 2. The van der Waals surface area contributed by atoms with Crippen molar-refractivity contribution in [3.8, 4) is 11.5 Å². The van der Waals surface area contributed by atoms with E-state index in [1.165, 1.54) is 6.42 Å². The van der Waals surface area contributed by atoms with Crippen molar-refractivity contribution < 1.29 is 19.1 Å². The van der Waals surface area contributed by atoms with Crippen LogP contribution < -0.4 is 14.4 Å². The minimum absolute atomic E-state index is 0.00471. The largest absolute Gasteiger partial charge is 0.486 e. The average molecular weight is 358 g/mol. The molecule has 0 saturated carbocycles. The van der Waals surface area contributed by atoms with E-state index in [-0.39, 0.29) is 17.7 Å². The number of hydrogen-bond donors (Lipinski definition) is 0. The second-order valence-electron chi connectivity index (χ2n) is 7.32. The van der Waals surface area contributed by atoms with E-state index in [0.717, 1.165) is 31.5 Å². The Morgan fingerprint density at radius 2 is 2.00 bits per heavy atom. The molecule has 0 radical (unpaired) electrons. The van der Waals surface area contributed by atoms with Crippen LogP contribution in [0, 0.1) is 5.92 Å². The number of likely N-dealkylation sites (tertiary alicyclic amines) is 1. The van der Waals surface area contributed by atoms with Crippen molar-refractivity contribution >= 4 is 17.5 Å². The van der Waals surface area contributed by atoms with Gasteiger partial charge >= 0.3 is 0 Å². The van der Waals surface area contributed by atoms with Crippen molar-refractivity contribution in [3.63, 3.8) is 0 Å². The van der Waals surface area contributed by atoms with Gasteiger partial charge in [-0.25, -0.2) is 0 Å². The van der Waals surface area contributed by atoms with Gasteiger partial charge < -0.3 is 19.3 Å². The van der Waals surface area contributed by atoms with Gasteiger partial charge in [0.1, 0.15) is 13.2 Å². The molecule has 0 aliphatic carbocycles. The van der Waals surface area contributed by atoms with E-state index < -0.39 is 0 Å². The van der Waals surface area contributed by atoms with Gasteiger partial charge in [-0.2, -0.15) is 0 Å². The first-order valence-corrected chi connectivity index (χ1v) is 9.68. The molecule has 6 heteroatoms. The van der Waals surface area contributed by atoms with Crippen molar-refractivity contribution in [1.29, 1.82) is 0 Å². The Balaban J connectivity index is 1.49. The Morgan fingerprint density at radius 1 is 1.19 bits per heavy atom. The summed E-state index contributed by atoms with van der Waals surface area (Å²) in [5, 5.41) is 0. The monoisotopic (exact) mass is 358 g/mol. The molecule has 0 N–H and O–H groups in total. The van der Waals surface area contributed by atoms with Gasteiger partial charge in [-0.15, -0.1) is 0 Å². The first-order chi connectivity index (χ1) is 12.7. The Bertz CT molecular complexity index is 705. The summed E-state index contributed by atoms with van der Waals surface area (Å²) in [5.74, 6) is 1.27. The first kappa shape index (κ1) is 17.2. The summed E-state index contributed by atoms with van der Waals surface area (Å²) >= 11 is 0. The molecule has 0 spiro atoms. The van der Waals surface area contributed by atoms with Gasteiger partial charge in [0.2, 0.25) is 11.8 Å². The Labute approximate surface area is 154 Å². The minimum atomic E-state index is -0.247. The normalized spacial score (nSPS) is 25.5. The zero-order chi connectivity index (χ0) is 18.1.